The van der Waals surface area contributed by atoms with Gasteiger partial charge in [-0.05, 0) is 73.6 Å². The van der Waals surface area contributed by atoms with Crippen molar-refractivity contribution in [3.63, 3.8) is 0 Å². The van der Waals surface area contributed by atoms with E-state index in [1.54, 1.807) is 36.4 Å². The molecule has 0 radical (unpaired) electrons. The number of benzene rings is 4. The second kappa shape index (κ2) is 10.9. The van der Waals surface area contributed by atoms with Gasteiger partial charge in [0.05, 0.1) is 16.2 Å². The first kappa shape index (κ1) is 25.3. The summed E-state index contributed by atoms with van der Waals surface area (Å²) in [5.74, 6) is -0.303. The molecule has 0 aliphatic carbocycles. The Labute approximate surface area is 222 Å². The first-order valence-corrected chi connectivity index (χ1v) is 13.8. The predicted molar refractivity (Wildman–Crippen MR) is 153 cm³/mol. The normalized spacial score (nSPS) is 14.0. The molecule has 192 valence electrons. The lowest BCUT2D eigenvalue weighted by molar-refractivity contribution is -0.110. The maximum absolute atomic E-state index is 13.3. The van der Waals surface area contributed by atoms with Crippen molar-refractivity contribution >= 4 is 44.3 Å². The molecule has 1 aliphatic heterocycles. The van der Waals surface area contributed by atoms with E-state index in [1.165, 1.54) is 11.6 Å². The second-order valence-corrected chi connectivity index (χ2v) is 10.6. The van der Waals surface area contributed by atoms with Gasteiger partial charge in [-0.3, -0.25) is 9.52 Å². The zero-order chi connectivity index (χ0) is 26.5. The molecule has 38 heavy (non-hydrogen) atoms. The van der Waals surface area contributed by atoms with Crippen molar-refractivity contribution in [2.75, 3.05) is 28.9 Å². The van der Waals surface area contributed by atoms with Gasteiger partial charge in [-0.15, -0.1) is 0 Å². The van der Waals surface area contributed by atoms with Crippen LogP contribution in [-0.2, 0) is 21.2 Å². The first-order valence-electron chi connectivity index (χ1n) is 12.3. The van der Waals surface area contributed by atoms with Gasteiger partial charge in [0.1, 0.15) is 0 Å². The molecule has 1 aliphatic rings. The molecule has 0 fully saturated rings. The molecule has 5 rings (SSSR count). The number of carbonyl (C=O) groups is 1. The molecule has 1 amide bonds. The number of sulfonamides is 1. The number of hydrogen-bond donors (Lipinski definition) is 4. The minimum absolute atomic E-state index is 0.0652. The highest BCUT2D eigenvalue weighted by Crippen LogP contribution is 2.39. The fourth-order valence-corrected chi connectivity index (χ4v) is 5.42. The molecule has 0 aromatic heterocycles. The number of rotatable bonds is 9. The Balaban J connectivity index is 1.57. The van der Waals surface area contributed by atoms with Crippen molar-refractivity contribution in [3.05, 3.63) is 120 Å². The molecule has 0 atom stereocenters. The lowest BCUT2D eigenvalue weighted by Gasteiger charge is -2.16. The van der Waals surface area contributed by atoms with E-state index in [9.17, 15) is 13.2 Å². The van der Waals surface area contributed by atoms with Crippen molar-refractivity contribution in [3.8, 4) is 0 Å². The van der Waals surface area contributed by atoms with Crippen LogP contribution in [0.4, 0.5) is 17.1 Å². The van der Waals surface area contributed by atoms with Crippen molar-refractivity contribution < 1.29 is 13.2 Å². The van der Waals surface area contributed by atoms with E-state index in [2.05, 4.69) is 32.8 Å². The minimum Gasteiger partial charge on any atom is -0.354 e. The highest BCUT2D eigenvalue weighted by molar-refractivity contribution is 7.92. The third kappa shape index (κ3) is 5.46. The van der Waals surface area contributed by atoms with Crippen molar-refractivity contribution in [1.82, 2.24) is 5.32 Å². The molecule has 0 unspecified atom stereocenters. The van der Waals surface area contributed by atoms with E-state index in [1.807, 2.05) is 55.6 Å². The van der Waals surface area contributed by atoms with Crippen molar-refractivity contribution in [2.45, 2.75) is 11.3 Å². The van der Waals surface area contributed by atoms with Crippen LogP contribution in [0.15, 0.2) is 108 Å². The Hall–Kier alpha value is -4.40. The molecule has 0 saturated heterocycles. The van der Waals surface area contributed by atoms with Gasteiger partial charge >= 0.3 is 0 Å². The maximum Gasteiger partial charge on any atom is 0.261 e. The summed E-state index contributed by atoms with van der Waals surface area (Å²) in [4.78, 5) is 13.3. The van der Waals surface area contributed by atoms with Gasteiger partial charge in [-0.1, -0.05) is 60.7 Å². The molecule has 4 aromatic carbocycles. The molecule has 0 bridgehead atoms. The van der Waals surface area contributed by atoms with Gasteiger partial charge in [0, 0.05) is 22.6 Å². The summed E-state index contributed by atoms with van der Waals surface area (Å²) in [6, 6.07) is 31.0. The van der Waals surface area contributed by atoms with Crippen LogP contribution in [0.1, 0.15) is 16.7 Å². The largest absolute Gasteiger partial charge is 0.354 e. The maximum atomic E-state index is 13.3. The Morgan fingerprint density at radius 3 is 2.18 bits per heavy atom. The number of hydrogen-bond acceptors (Lipinski definition) is 5. The zero-order valence-corrected chi connectivity index (χ0v) is 21.7. The standard InChI is InChI=1S/C30H28N4O3S/c1-31-19-18-21-12-14-23(15-13-21)32-29(22-8-4-2-5-9-22)28-26-20-25(16-17-27(26)33-30(28)35)38(36,37)34-24-10-6-3-7-11-24/h2-17,20,31-32,34H,18-19H2,1H3,(H,33,35)/b29-28-. The van der Waals surface area contributed by atoms with Gasteiger partial charge in [-0.25, -0.2) is 8.42 Å². The summed E-state index contributed by atoms with van der Waals surface area (Å²) in [6.45, 7) is 0.882. The molecule has 4 N–H and O–H groups in total. The van der Waals surface area contributed by atoms with E-state index >= 15 is 0 Å². The van der Waals surface area contributed by atoms with Gasteiger partial charge < -0.3 is 16.0 Å². The zero-order valence-electron chi connectivity index (χ0n) is 20.9. The summed E-state index contributed by atoms with van der Waals surface area (Å²) in [5.41, 5.74) is 5.33. The van der Waals surface area contributed by atoms with Crippen molar-refractivity contribution in [2.24, 2.45) is 0 Å². The van der Waals surface area contributed by atoms with Gasteiger partial charge in [0.2, 0.25) is 0 Å². The molecule has 0 spiro atoms. The van der Waals surface area contributed by atoms with Gasteiger partial charge in [-0.2, -0.15) is 0 Å². The smallest absolute Gasteiger partial charge is 0.261 e. The fraction of sp³-hybridized carbons (Fsp3) is 0.100. The highest BCUT2D eigenvalue weighted by Gasteiger charge is 2.30. The van der Waals surface area contributed by atoms with Crippen LogP contribution < -0.4 is 20.7 Å². The highest BCUT2D eigenvalue weighted by atomic mass is 32.2. The number of nitrogens with one attached hydrogen (secondary N) is 4. The molecule has 4 aromatic rings. The Morgan fingerprint density at radius 1 is 0.816 bits per heavy atom. The summed E-state index contributed by atoms with van der Waals surface area (Å²) in [7, 11) is -1.95. The average Bonchev–Trinajstić information content (AvgIpc) is 3.26. The monoisotopic (exact) mass is 524 g/mol. The number of carbonyl (C=O) groups excluding carboxylic acids is 1. The second-order valence-electron chi connectivity index (χ2n) is 8.92. The van der Waals surface area contributed by atoms with Crippen LogP contribution in [-0.4, -0.2) is 27.9 Å². The third-order valence-corrected chi connectivity index (χ3v) is 7.65. The van der Waals surface area contributed by atoms with Gasteiger partial charge in [0.25, 0.3) is 15.9 Å². The lowest BCUT2D eigenvalue weighted by atomic mass is 10.00. The van der Waals surface area contributed by atoms with Crippen molar-refractivity contribution in [1.29, 1.82) is 0 Å². The Kier molecular flexibility index (Phi) is 7.26. The van der Waals surface area contributed by atoms with Crippen LogP contribution in [0.3, 0.4) is 0 Å². The molecule has 0 saturated carbocycles. The van der Waals surface area contributed by atoms with Crippen LogP contribution in [0.5, 0.6) is 0 Å². The summed E-state index contributed by atoms with van der Waals surface area (Å²) in [5, 5.41) is 9.46. The molecular formula is C30H28N4O3S. The van der Waals surface area contributed by atoms with E-state index < -0.39 is 10.0 Å². The molecule has 1 heterocycles. The number of likely N-dealkylation sites (N-methyl/N-ethyl adjacent to an activating group) is 1. The summed E-state index contributed by atoms with van der Waals surface area (Å²) < 4.78 is 29.0. The molecule has 7 nitrogen and oxygen atoms in total. The van der Waals surface area contributed by atoms with E-state index in [0.29, 0.717) is 28.2 Å². The Bertz CT molecular complexity index is 1580. The number of amides is 1. The topological polar surface area (TPSA) is 99.3 Å². The Morgan fingerprint density at radius 2 is 1.50 bits per heavy atom. The minimum atomic E-state index is -3.87. The summed E-state index contributed by atoms with van der Waals surface area (Å²) in [6.07, 6.45) is 0.910. The van der Waals surface area contributed by atoms with Crippen LogP contribution >= 0.6 is 0 Å². The first-order chi connectivity index (χ1) is 18.4. The predicted octanol–water partition coefficient (Wildman–Crippen LogP) is 5.18. The summed E-state index contributed by atoms with van der Waals surface area (Å²) >= 11 is 0. The van der Waals surface area contributed by atoms with E-state index in [-0.39, 0.29) is 10.8 Å². The quantitative estimate of drug-likeness (QED) is 0.226. The van der Waals surface area contributed by atoms with Crippen LogP contribution in [0, 0.1) is 0 Å². The SMILES string of the molecule is CNCCc1ccc(N/C(=C2\C(=O)Nc3ccc(S(=O)(=O)Nc4ccccc4)cc32)c2ccccc2)cc1. The average molecular weight is 525 g/mol. The van der Waals surface area contributed by atoms with E-state index in [0.717, 1.165) is 24.2 Å². The van der Waals surface area contributed by atoms with Crippen LogP contribution in [0.2, 0.25) is 0 Å². The number of anilines is 3. The molecular weight excluding hydrogens is 496 g/mol. The lowest BCUT2D eigenvalue weighted by Crippen LogP contribution is -2.13. The number of fused-ring (bicyclic) bond motifs is 1. The van der Waals surface area contributed by atoms with E-state index in [4.69, 9.17) is 0 Å². The van der Waals surface area contributed by atoms with Crippen LogP contribution in [0.25, 0.3) is 11.3 Å². The third-order valence-electron chi connectivity index (χ3n) is 6.27. The molecule has 8 heteroatoms. The van der Waals surface area contributed by atoms with Gasteiger partial charge in [0.15, 0.2) is 0 Å². The fourth-order valence-electron chi connectivity index (χ4n) is 4.33. The number of para-hydroxylation sites is 1.